The van der Waals surface area contributed by atoms with Crippen molar-refractivity contribution in [1.29, 1.82) is 0 Å². The first-order valence-electron chi connectivity index (χ1n) is 9.39. The highest BCUT2D eigenvalue weighted by atomic mass is 35.5. The van der Waals surface area contributed by atoms with Crippen LogP contribution in [0.3, 0.4) is 0 Å². The van der Waals surface area contributed by atoms with Gasteiger partial charge in [-0.2, -0.15) is 0 Å². The van der Waals surface area contributed by atoms with E-state index in [1.54, 1.807) is 30.3 Å². The van der Waals surface area contributed by atoms with E-state index in [1.807, 2.05) is 17.7 Å². The zero-order chi connectivity index (χ0) is 22.8. The van der Waals surface area contributed by atoms with Gasteiger partial charge in [0.1, 0.15) is 22.2 Å². The smallest absolute Gasteiger partial charge is 0.289 e. The zero-order valence-corrected chi connectivity index (χ0v) is 17.8. The average molecular weight is 453 g/mol. The topological polar surface area (TPSA) is 124 Å². The molecule has 0 unspecified atom stereocenters. The standard InChI is InChI=1S/C21H17ClN6O4/c1-23-20(29)17-11-14(7-8-24-17)32-13-4-6-18-16(10-13)26-21(27(18)2)25-12-3-5-15(22)19(9-12)28(30)31/h3-11H,1-2H3,(H,23,29)(H,25,26). The highest BCUT2D eigenvalue weighted by Gasteiger charge is 2.15. The lowest BCUT2D eigenvalue weighted by Gasteiger charge is -2.07. The second-order valence-corrected chi connectivity index (χ2v) is 7.16. The molecule has 162 valence electrons. The molecular weight excluding hydrogens is 436 g/mol. The van der Waals surface area contributed by atoms with Crippen LogP contribution in [0.5, 0.6) is 11.5 Å². The van der Waals surface area contributed by atoms with Crippen LogP contribution in [0, 0.1) is 10.1 Å². The first-order chi connectivity index (χ1) is 15.4. The number of rotatable bonds is 6. The molecule has 4 rings (SSSR count). The summed E-state index contributed by atoms with van der Waals surface area (Å²) in [5.41, 5.74) is 2.00. The number of pyridine rings is 1. The van der Waals surface area contributed by atoms with Crippen molar-refractivity contribution in [2.45, 2.75) is 0 Å². The van der Waals surface area contributed by atoms with Crippen molar-refractivity contribution in [3.63, 3.8) is 0 Å². The van der Waals surface area contributed by atoms with Gasteiger partial charge in [0.2, 0.25) is 5.95 Å². The van der Waals surface area contributed by atoms with Gasteiger partial charge in [0.05, 0.1) is 16.0 Å². The predicted octanol–water partition coefficient (Wildman–Crippen LogP) is 4.43. The van der Waals surface area contributed by atoms with E-state index >= 15 is 0 Å². The van der Waals surface area contributed by atoms with Crippen molar-refractivity contribution in [2.75, 3.05) is 12.4 Å². The zero-order valence-electron chi connectivity index (χ0n) is 17.0. The Hall–Kier alpha value is -4.18. The van der Waals surface area contributed by atoms with Crippen LogP contribution in [0.2, 0.25) is 5.02 Å². The summed E-state index contributed by atoms with van der Waals surface area (Å²) >= 11 is 5.88. The molecule has 2 heterocycles. The molecule has 10 nitrogen and oxygen atoms in total. The fourth-order valence-electron chi connectivity index (χ4n) is 3.08. The highest BCUT2D eigenvalue weighted by Crippen LogP contribution is 2.31. The summed E-state index contributed by atoms with van der Waals surface area (Å²) in [5.74, 6) is 1.16. The molecule has 2 aromatic heterocycles. The largest absolute Gasteiger partial charge is 0.457 e. The number of anilines is 2. The van der Waals surface area contributed by atoms with Crippen molar-refractivity contribution in [2.24, 2.45) is 7.05 Å². The first kappa shape index (κ1) is 21.1. The van der Waals surface area contributed by atoms with E-state index in [-0.39, 0.29) is 22.3 Å². The minimum absolute atomic E-state index is 0.0584. The second kappa shape index (κ2) is 8.52. The Morgan fingerprint density at radius 3 is 2.69 bits per heavy atom. The fraction of sp³-hybridized carbons (Fsp3) is 0.0952. The molecule has 0 bridgehead atoms. The van der Waals surface area contributed by atoms with E-state index < -0.39 is 4.92 Å². The molecule has 1 amide bonds. The Labute approximate surface area is 187 Å². The summed E-state index contributed by atoms with van der Waals surface area (Å²) in [4.78, 5) is 30.9. The minimum Gasteiger partial charge on any atom is -0.457 e. The van der Waals surface area contributed by atoms with E-state index in [9.17, 15) is 14.9 Å². The van der Waals surface area contributed by atoms with Gasteiger partial charge in [0, 0.05) is 44.2 Å². The quantitative estimate of drug-likeness (QED) is 0.327. The Kier molecular flexibility index (Phi) is 5.61. The van der Waals surface area contributed by atoms with Crippen LogP contribution in [0.4, 0.5) is 17.3 Å². The molecule has 0 aliphatic rings. The molecular formula is C21H17ClN6O4. The molecule has 0 spiro atoms. The molecule has 0 aliphatic carbocycles. The molecule has 2 aromatic carbocycles. The van der Waals surface area contributed by atoms with Crippen LogP contribution < -0.4 is 15.4 Å². The fourth-order valence-corrected chi connectivity index (χ4v) is 3.26. The normalized spacial score (nSPS) is 10.7. The van der Waals surface area contributed by atoms with Crippen LogP contribution in [-0.4, -0.2) is 32.4 Å². The number of carbonyl (C=O) groups is 1. The number of nitrogens with zero attached hydrogens (tertiary/aromatic N) is 4. The van der Waals surface area contributed by atoms with Gasteiger partial charge in [-0.3, -0.25) is 19.9 Å². The summed E-state index contributed by atoms with van der Waals surface area (Å²) in [6.07, 6.45) is 1.49. The van der Waals surface area contributed by atoms with Crippen molar-refractivity contribution in [1.82, 2.24) is 19.9 Å². The van der Waals surface area contributed by atoms with Crippen molar-refractivity contribution in [3.05, 3.63) is 75.6 Å². The summed E-state index contributed by atoms with van der Waals surface area (Å²) in [7, 11) is 3.35. The Morgan fingerprint density at radius 1 is 1.16 bits per heavy atom. The highest BCUT2D eigenvalue weighted by molar-refractivity contribution is 6.32. The number of imidazole rings is 1. The number of amides is 1. The number of hydrogen-bond donors (Lipinski definition) is 2. The van der Waals surface area contributed by atoms with Gasteiger partial charge in [-0.25, -0.2) is 4.98 Å². The molecule has 0 saturated carbocycles. The maximum absolute atomic E-state index is 11.8. The number of nitro benzene ring substituents is 1. The number of fused-ring (bicyclic) bond motifs is 1. The molecule has 0 saturated heterocycles. The molecule has 11 heteroatoms. The third-order valence-corrected chi connectivity index (χ3v) is 5.00. The third kappa shape index (κ3) is 4.16. The average Bonchev–Trinajstić information content (AvgIpc) is 3.09. The van der Waals surface area contributed by atoms with Crippen LogP contribution in [-0.2, 0) is 7.05 Å². The number of aromatic nitrogens is 3. The van der Waals surface area contributed by atoms with Crippen molar-refractivity contribution in [3.8, 4) is 11.5 Å². The lowest BCUT2D eigenvalue weighted by atomic mass is 10.3. The second-order valence-electron chi connectivity index (χ2n) is 6.75. The lowest BCUT2D eigenvalue weighted by Crippen LogP contribution is -2.18. The van der Waals surface area contributed by atoms with Gasteiger partial charge >= 0.3 is 0 Å². The SMILES string of the molecule is CNC(=O)c1cc(Oc2ccc3c(c2)nc(Nc2ccc(Cl)c([N+](=O)[O-])c2)n3C)ccn1. The maximum Gasteiger partial charge on any atom is 0.289 e. The van der Waals surface area contributed by atoms with Crippen LogP contribution in [0.25, 0.3) is 11.0 Å². The van der Waals surface area contributed by atoms with Crippen molar-refractivity contribution < 1.29 is 14.5 Å². The Bertz CT molecular complexity index is 1350. The molecule has 0 fully saturated rings. The number of carbonyl (C=O) groups excluding carboxylic acids is 1. The van der Waals surface area contributed by atoms with E-state index in [2.05, 4.69) is 20.6 Å². The third-order valence-electron chi connectivity index (χ3n) is 4.68. The molecule has 32 heavy (non-hydrogen) atoms. The van der Waals surface area contributed by atoms with Crippen LogP contribution in [0.1, 0.15) is 10.5 Å². The van der Waals surface area contributed by atoms with Gasteiger partial charge in [-0.15, -0.1) is 0 Å². The Morgan fingerprint density at radius 2 is 1.94 bits per heavy atom. The Balaban J connectivity index is 1.61. The predicted molar refractivity (Wildman–Crippen MR) is 120 cm³/mol. The number of hydrogen-bond acceptors (Lipinski definition) is 7. The van der Waals surface area contributed by atoms with E-state index in [0.717, 1.165) is 5.52 Å². The monoisotopic (exact) mass is 452 g/mol. The number of aryl methyl sites for hydroxylation is 1. The number of benzene rings is 2. The molecule has 0 aliphatic heterocycles. The summed E-state index contributed by atoms with van der Waals surface area (Å²) in [6.45, 7) is 0. The van der Waals surface area contributed by atoms with E-state index in [4.69, 9.17) is 16.3 Å². The number of nitro groups is 1. The van der Waals surface area contributed by atoms with Gasteiger partial charge in [0.15, 0.2) is 0 Å². The van der Waals surface area contributed by atoms with Gasteiger partial charge in [-0.05, 0) is 30.3 Å². The summed E-state index contributed by atoms with van der Waals surface area (Å²) in [5, 5.41) is 16.8. The molecule has 0 radical (unpaired) electrons. The van der Waals surface area contributed by atoms with Crippen LogP contribution >= 0.6 is 11.6 Å². The number of nitrogens with one attached hydrogen (secondary N) is 2. The molecule has 2 N–H and O–H groups in total. The molecule has 0 atom stereocenters. The minimum atomic E-state index is -0.541. The van der Waals surface area contributed by atoms with Gasteiger partial charge < -0.3 is 19.9 Å². The number of ether oxygens (including phenoxy) is 1. The maximum atomic E-state index is 11.8. The summed E-state index contributed by atoms with van der Waals surface area (Å²) in [6, 6.07) is 13.0. The number of halogens is 1. The molecule has 4 aromatic rings. The van der Waals surface area contributed by atoms with E-state index in [1.165, 1.54) is 25.4 Å². The van der Waals surface area contributed by atoms with Gasteiger partial charge in [-0.1, -0.05) is 11.6 Å². The van der Waals surface area contributed by atoms with Gasteiger partial charge in [0.25, 0.3) is 11.6 Å². The first-order valence-corrected chi connectivity index (χ1v) is 9.77. The van der Waals surface area contributed by atoms with E-state index in [0.29, 0.717) is 28.7 Å². The summed E-state index contributed by atoms with van der Waals surface area (Å²) < 4.78 is 7.68. The van der Waals surface area contributed by atoms with Crippen LogP contribution in [0.15, 0.2) is 54.7 Å². The van der Waals surface area contributed by atoms with Crippen molar-refractivity contribution >= 4 is 45.9 Å². The lowest BCUT2D eigenvalue weighted by molar-refractivity contribution is -0.384.